The van der Waals surface area contributed by atoms with Gasteiger partial charge in [0.1, 0.15) is 17.7 Å². The highest BCUT2D eigenvalue weighted by Gasteiger charge is 2.19. The lowest BCUT2D eigenvalue weighted by atomic mass is 10.2. The molecule has 110 valence electrons. The minimum absolute atomic E-state index is 0.110. The van der Waals surface area contributed by atoms with Crippen molar-refractivity contribution in [3.05, 3.63) is 33.7 Å². The van der Waals surface area contributed by atoms with E-state index in [4.69, 9.17) is 4.74 Å². The first-order chi connectivity index (χ1) is 9.15. The van der Waals surface area contributed by atoms with Gasteiger partial charge >= 0.3 is 11.9 Å². The van der Waals surface area contributed by atoms with Crippen LogP contribution in [0.5, 0.6) is 0 Å². The first-order valence-corrected chi connectivity index (χ1v) is 6.16. The van der Waals surface area contributed by atoms with Crippen LogP contribution in [0.2, 0.25) is 0 Å². The van der Waals surface area contributed by atoms with Gasteiger partial charge in [-0.2, -0.15) is 0 Å². The van der Waals surface area contributed by atoms with Gasteiger partial charge in [0, 0.05) is 5.69 Å². The van der Waals surface area contributed by atoms with Gasteiger partial charge in [0.25, 0.3) is 5.56 Å². The van der Waals surface area contributed by atoms with Crippen molar-refractivity contribution in [3.63, 3.8) is 0 Å². The van der Waals surface area contributed by atoms with Crippen LogP contribution in [0.1, 0.15) is 36.8 Å². The molecule has 1 aromatic heterocycles. The van der Waals surface area contributed by atoms with E-state index in [9.17, 15) is 14.4 Å². The summed E-state index contributed by atoms with van der Waals surface area (Å²) in [6.45, 7) is 6.65. The number of carbonyl (C=O) groups is 2. The Balaban J connectivity index is 3.10. The van der Waals surface area contributed by atoms with Crippen LogP contribution in [0, 0.1) is 6.92 Å². The molecule has 0 N–H and O–H groups in total. The molecule has 20 heavy (non-hydrogen) atoms. The average molecular weight is 281 g/mol. The second-order valence-electron chi connectivity index (χ2n) is 5.36. The molecule has 0 radical (unpaired) electrons. The summed E-state index contributed by atoms with van der Waals surface area (Å²) in [7, 11) is 1.19. The van der Waals surface area contributed by atoms with Crippen molar-refractivity contribution in [1.29, 1.82) is 0 Å². The van der Waals surface area contributed by atoms with Crippen molar-refractivity contribution in [2.24, 2.45) is 0 Å². The molecule has 0 atom stereocenters. The summed E-state index contributed by atoms with van der Waals surface area (Å²) >= 11 is 0. The van der Waals surface area contributed by atoms with E-state index in [1.54, 1.807) is 33.8 Å². The largest absolute Gasteiger partial charge is 0.465 e. The summed E-state index contributed by atoms with van der Waals surface area (Å²) in [6.07, 6.45) is 0. The molecular weight excluding hydrogens is 262 g/mol. The summed E-state index contributed by atoms with van der Waals surface area (Å²) in [4.78, 5) is 35.4. The highest BCUT2D eigenvalue weighted by atomic mass is 16.6. The van der Waals surface area contributed by atoms with Crippen LogP contribution in [0.15, 0.2) is 16.9 Å². The van der Waals surface area contributed by atoms with Crippen molar-refractivity contribution in [1.82, 2.24) is 4.57 Å². The van der Waals surface area contributed by atoms with Crippen molar-refractivity contribution in [2.75, 3.05) is 7.11 Å². The zero-order chi connectivity index (χ0) is 15.5. The number of hydrogen-bond donors (Lipinski definition) is 0. The molecule has 0 aromatic carbocycles. The molecule has 0 fully saturated rings. The number of rotatable bonds is 3. The molecule has 1 aromatic rings. The normalized spacial score (nSPS) is 11.1. The monoisotopic (exact) mass is 281 g/mol. The molecule has 0 spiro atoms. The number of aryl methyl sites for hydroxylation is 1. The maximum atomic E-state index is 12.1. The lowest BCUT2D eigenvalue weighted by Crippen LogP contribution is -2.34. The Bertz CT molecular complexity index is 580. The van der Waals surface area contributed by atoms with E-state index >= 15 is 0 Å². The van der Waals surface area contributed by atoms with Crippen LogP contribution >= 0.6 is 0 Å². The zero-order valence-electron chi connectivity index (χ0n) is 12.4. The molecule has 1 rings (SSSR count). The SMILES string of the molecule is COC(=O)c1ccc(C)n(CC(=O)OC(C)(C)C)c1=O. The van der Waals surface area contributed by atoms with Crippen LogP contribution in [-0.2, 0) is 20.8 Å². The minimum Gasteiger partial charge on any atom is -0.465 e. The third-order valence-electron chi connectivity index (χ3n) is 2.51. The number of methoxy groups -OCH3 is 1. The third kappa shape index (κ3) is 3.94. The molecule has 1 heterocycles. The lowest BCUT2D eigenvalue weighted by molar-refractivity contribution is -0.155. The van der Waals surface area contributed by atoms with E-state index in [0.29, 0.717) is 5.69 Å². The molecule has 0 amide bonds. The smallest absolute Gasteiger partial charge is 0.343 e. The van der Waals surface area contributed by atoms with Crippen LogP contribution < -0.4 is 5.56 Å². The standard InChI is InChI=1S/C14H19NO5/c1-9-6-7-10(13(18)19-5)12(17)15(9)8-11(16)20-14(2,3)4/h6-7H,8H2,1-5H3. The zero-order valence-corrected chi connectivity index (χ0v) is 12.4. The molecule has 0 saturated carbocycles. The lowest BCUT2D eigenvalue weighted by Gasteiger charge is -2.20. The van der Waals surface area contributed by atoms with Crippen LogP contribution in [0.4, 0.5) is 0 Å². The van der Waals surface area contributed by atoms with Gasteiger partial charge in [-0.15, -0.1) is 0 Å². The van der Waals surface area contributed by atoms with Gasteiger partial charge in [-0.25, -0.2) is 4.79 Å². The predicted molar refractivity (Wildman–Crippen MR) is 72.6 cm³/mol. The molecule has 0 aliphatic rings. The molecule has 0 unspecified atom stereocenters. The quantitative estimate of drug-likeness (QED) is 0.780. The molecule has 0 aliphatic heterocycles. The van der Waals surface area contributed by atoms with Crippen LogP contribution in [-0.4, -0.2) is 29.2 Å². The molecule has 6 heteroatoms. The summed E-state index contributed by atoms with van der Waals surface area (Å²) in [5.41, 5.74) is -0.743. The number of aromatic nitrogens is 1. The highest BCUT2D eigenvalue weighted by molar-refractivity contribution is 5.88. The highest BCUT2D eigenvalue weighted by Crippen LogP contribution is 2.08. The van der Waals surface area contributed by atoms with Crippen LogP contribution in [0.25, 0.3) is 0 Å². The van der Waals surface area contributed by atoms with Gasteiger partial charge in [-0.05, 0) is 39.8 Å². The van der Waals surface area contributed by atoms with Crippen LogP contribution in [0.3, 0.4) is 0 Å². The van der Waals surface area contributed by atoms with E-state index in [1.165, 1.54) is 17.7 Å². The minimum atomic E-state index is -0.729. The Kier molecular flexibility index (Phi) is 4.70. The summed E-state index contributed by atoms with van der Waals surface area (Å²) in [6, 6.07) is 2.97. The van der Waals surface area contributed by atoms with Crippen molar-refractivity contribution < 1.29 is 19.1 Å². The fourth-order valence-corrected chi connectivity index (χ4v) is 1.64. The Morgan fingerprint density at radius 2 is 1.85 bits per heavy atom. The molecule has 0 saturated heterocycles. The number of carbonyl (C=O) groups excluding carboxylic acids is 2. The maximum absolute atomic E-state index is 12.1. The molecule has 6 nitrogen and oxygen atoms in total. The second kappa shape index (κ2) is 5.90. The molecular formula is C14H19NO5. The topological polar surface area (TPSA) is 74.6 Å². The van der Waals surface area contributed by atoms with E-state index in [2.05, 4.69) is 4.74 Å². The van der Waals surface area contributed by atoms with Gasteiger partial charge < -0.3 is 14.0 Å². The Morgan fingerprint density at radius 3 is 2.35 bits per heavy atom. The molecule has 0 aliphatic carbocycles. The van der Waals surface area contributed by atoms with E-state index in [-0.39, 0.29) is 12.1 Å². The predicted octanol–water partition coefficient (Wildman–Crippen LogP) is 1.29. The van der Waals surface area contributed by atoms with Gasteiger partial charge in [-0.1, -0.05) is 0 Å². The fraction of sp³-hybridized carbons (Fsp3) is 0.500. The van der Waals surface area contributed by atoms with Crippen molar-refractivity contribution in [3.8, 4) is 0 Å². The third-order valence-corrected chi connectivity index (χ3v) is 2.51. The summed E-state index contributed by atoms with van der Waals surface area (Å²) < 4.78 is 10.9. The first-order valence-electron chi connectivity index (χ1n) is 6.16. The fourth-order valence-electron chi connectivity index (χ4n) is 1.64. The van der Waals surface area contributed by atoms with Gasteiger partial charge in [0.2, 0.25) is 0 Å². The average Bonchev–Trinajstić information content (AvgIpc) is 2.31. The Hall–Kier alpha value is -2.11. The summed E-state index contributed by atoms with van der Waals surface area (Å²) in [5, 5.41) is 0. The van der Waals surface area contributed by atoms with E-state index < -0.39 is 23.1 Å². The Labute approximate surface area is 117 Å². The summed E-state index contributed by atoms with van der Waals surface area (Å²) in [5.74, 6) is -1.27. The number of esters is 2. The number of pyridine rings is 1. The van der Waals surface area contributed by atoms with Crippen molar-refractivity contribution >= 4 is 11.9 Å². The van der Waals surface area contributed by atoms with Gasteiger partial charge in [-0.3, -0.25) is 9.59 Å². The molecule has 0 bridgehead atoms. The van der Waals surface area contributed by atoms with Gasteiger partial charge in [0.15, 0.2) is 0 Å². The Morgan fingerprint density at radius 1 is 1.25 bits per heavy atom. The maximum Gasteiger partial charge on any atom is 0.343 e. The van der Waals surface area contributed by atoms with Crippen molar-refractivity contribution in [2.45, 2.75) is 39.8 Å². The van der Waals surface area contributed by atoms with E-state index in [0.717, 1.165) is 0 Å². The number of nitrogens with zero attached hydrogens (tertiary/aromatic N) is 1. The van der Waals surface area contributed by atoms with E-state index in [1.807, 2.05) is 0 Å². The number of hydrogen-bond acceptors (Lipinski definition) is 5. The van der Waals surface area contributed by atoms with Gasteiger partial charge in [0.05, 0.1) is 7.11 Å². The first kappa shape index (κ1) is 15.9. The second-order valence-corrected chi connectivity index (χ2v) is 5.36. The number of ether oxygens (including phenoxy) is 2.